The summed E-state index contributed by atoms with van der Waals surface area (Å²) in [5, 5.41) is 7.66. The molecule has 10 nitrogen and oxygen atoms in total. The lowest BCUT2D eigenvalue weighted by Gasteiger charge is -2.24. The van der Waals surface area contributed by atoms with E-state index in [9.17, 15) is 19.2 Å². The van der Waals surface area contributed by atoms with Gasteiger partial charge < -0.3 is 18.9 Å². The Morgan fingerprint density at radius 1 is 0.774 bits per heavy atom. The van der Waals surface area contributed by atoms with Crippen LogP contribution in [0.4, 0.5) is 0 Å². The highest BCUT2D eigenvalue weighted by molar-refractivity contribution is 6.03. The summed E-state index contributed by atoms with van der Waals surface area (Å²) in [6, 6.07) is 0. The van der Waals surface area contributed by atoms with Gasteiger partial charge in [-0.1, -0.05) is 0 Å². The molecule has 0 N–H and O–H groups in total. The molecule has 0 amide bonds. The van der Waals surface area contributed by atoms with E-state index in [1.807, 2.05) is 0 Å². The van der Waals surface area contributed by atoms with Crippen molar-refractivity contribution in [2.75, 3.05) is 0 Å². The summed E-state index contributed by atoms with van der Waals surface area (Å²) in [5.41, 5.74) is -3.32. The normalized spacial score (nSPS) is 17.6. The van der Waals surface area contributed by atoms with Gasteiger partial charge in [0.1, 0.15) is 22.3 Å². The van der Waals surface area contributed by atoms with Crippen LogP contribution >= 0.6 is 0 Å². The van der Waals surface area contributed by atoms with E-state index in [0.29, 0.717) is 0 Å². The van der Waals surface area contributed by atoms with Crippen LogP contribution < -0.4 is 0 Å². The molecule has 1 heterocycles. The maximum Gasteiger partial charge on any atom is 0.360 e. The SMILES string of the molecule is C[C@@H](OC(=O)C1=C(C(=O)O[C@H](C)C(=O)OC(C)(C)C)C(C)(C)N=N1)C(=O)OC(C)(C)C. The fourth-order valence-electron chi connectivity index (χ4n) is 2.36. The highest BCUT2D eigenvalue weighted by Gasteiger charge is 2.42. The van der Waals surface area contributed by atoms with Crippen molar-refractivity contribution in [3.05, 3.63) is 11.3 Å². The molecule has 31 heavy (non-hydrogen) atoms. The van der Waals surface area contributed by atoms with Crippen LogP contribution in [0.3, 0.4) is 0 Å². The summed E-state index contributed by atoms with van der Waals surface area (Å²) in [6.45, 7) is 15.9. The van der Waals surface area contributed by atoms with E-state index in [2.05, 4.69) is 10.2 Å². The molecule has 0 fully saturated rings. The summed E-state index contributed by atoms with van der Waals surface area (Å²) in [4.78, 5) is 49.5. The minimum Gasteiger partial charge on any atom is -0.457 e. The second-order valence-corrected chi connectivity index (χ2v) is 9.64. The Morgan fingerprint density at radius 3 is 1.55 bits per heavy atom. The van der Waals surface area contributed by atoms with Crippen LogP contribution in [-0.2, 0) is 38.1 Å². The zero-order valence-electron chi connectivity index (χ0n) is 19.8. The molecular formula is C21H32N2O8. The largest absolute Gasteiger partial charge is 0.457 e. The van der Waals surface area contributed by atoms with E-state index in [1.54, 1.807) is 55.4 Å². The highest BCUT2D eigenvalue weighted by atomic mass is 16.6. The van der Waals surface area contributed by atoms with Crippen molar-refractivity contribution in [3.8, 4) is 0 Å². The number of rotatable bonds is 6. The number of nitrogens with zero attached hydrogens (tertiary/aromatic N) is 2. The zero-order valence-corrected chi connectivity index (χ0v) is 19.8. The van der Waals surface area contributed by atoms with E-state index < -0.39 is 58.5 Å². The maximum absolute atomic E-state index is 12.8. The molecule has 10 heteroatoms. The Kier molecular flexibility index (Phi) is 7.75. The second kappa shape index (κ2) is 9.15. The summed E-state index contributed by atoms with van der Waals surface area (Å²) in [7, 11) is 0. The summed E-state index contributed by atoms with van der Waals surface area (Å²) in [6.07, 6.45) is -2.47. The first-order chi connectivity index (χ1) is 13.8. The molecule has 0 bridgehead atoms. The van der Waals surface area contributed by atoms with Crippen LogP contribution in [0, 0.1) is 0 Å². The van der Waals surface area contributed by atoms with Crippen LogP contribution in [0.25, 0.3) is 0 Å². The average molecular weight is 440 g/mol. The lowest BCUT2D eigenvalue weighted by atomic mass is 9.94. The van der Waals surface area contributed by atoms with Crippen LogP contribution in [0.2, 0.25) is 0 Å². The fourth-order valence-corrected chi connectivity index (χ4v) is 2.36. The Balaban J connectivity index is 3.02. The molecular weight excluding hydrogens is 408 g/mol. The van der Waals surface area contributed by atoms with Crippen molar-refractivity contribution in [3.63, 3.8) is 0 Å². The molecule has 0 aliphatic carbocycles. The Bertz CT molecular complexity index is 812. The molecule has 0 aromatic carbocycles. The lowest BCUT2D eigenvalue weighted by molar-refractivity contribution is -0.173. The third kappa shape index (κ3) is 7.76. The molecule has 0 saturated carbocycles. The van der Waals surface area contributed by atoms with Crippen LogP contribution in [0.5, 0.6) is 0 Å². The first kappa shape index (κ1) is 26.3. The predicted octanol–water partition coefficient (Wildman–Crippen LogP) is 3.03. The molecule has 1 aliphatic heterocycles. The topological polar surface area (TPSA) is 130 Å². The summed E-state index contributed by atoms with van der Waals surface area (Å²) < 4.78 is 20.6. The molecule has 1 aliphatic rings. The molecule has 2 atom stereocenters. The minimum atomic E-state index is -1.24. The van der Waals surface area contributed by atoms with Crippen molar-refractivity contribution in [2.24, 2.45) is 10.2 Å². The lowest BCUT2D eigenvalue weighted by Crippen LogP contribution is -2.36. The van der Waals surface area contributed by atoms with Gasteiger partial charge in [0.25, 0.3) is 0 Å². The molecule has 1 rings (SSSR count). The highest BCUT2D eigenvalue weighted by Crippen LogP contribution is 2.34. The molecule has 0 aromatic rings. The van der Waals surface area contributed by atoms with Gasteiger partial charge >= 0.3 is 23.9 Å². The molecule has 174 valence electrons. The smallest absolute Gasteiger partial charge is 0.360 e. The van der Waals surface area contributed by atoms with Gasteiger partial charge in [-0.2, -0.15) is 5.11 Å². The van der Waals surface area contributed by atoms with Crippen molar-refractivity contribution in [2.45, 2.75) is 98.2 Å². The van der Waals surface area contributed by atoms with Gasteiger partial charge in [-0.15, -0.1) is 5.11 Å². The van der Waals surface area contributed by atoms with Crippen LogP contribution in [0.1, 0.15) is 69.2 Å². The van der Waals surface area contributed by atoms with E-state index in [4.69, 9.17) is 18.9 Å². The predicted molar refractivity (Wildman–Crippen MR) is 109 cm³/mol. The molecule has 0 radical (unpaired) electrons. The van der Waals surface area contributed by atoms with E-state index in [0.717, 1.165) is 0 Å². The Hall–Kier alpha value is -2.78. The standard InChI is InChI=1S/C21H32N2O8/c1-11(15(24)30-19(3,4)5)28-17(26)13-14(22-23-21(13,9)10)18(27)29-12(2)16(25)31-20(6,7)8/h11-12H,1-10H3/t11-,12-/m1/s1. The second-order valence-electron chi connectivity index (χ2n) is 9.64. The van der Waals surface area contributed by atoms with Gasteiger partial charge in [-0.05, 0) is 69.2 Å². The van der Waals surface area contributed by atoms with Gasteiger partial charge in [0.2, 0.25) is 0 Å². The van der Waals surface area contributed by atoms with E-state index in [-0.39, 0.29) is 5.57 Å². The van der Waals surface area contributed by atoms with E-state index in [1.165, 1.54) is 13.8 Å². The molecule has 0 saturated heterocycles. The van der Waals surface area contributed by atoms with Gasteiger partial charge in [-0.3, -0.25) is 0 Å². The Morgan fingerprint density at radius 2 is 1.16 bits per heavy atom. The average Bonchev–Trinajstić information content (AvgIpc) is 2.86. The number of carbonyl (C=O) groups excluding carboxylic acids is 4. The van der Waals surface area contributed by atoms with E-state index >= 15 is 0 Å². The van der Waals surface area contributed by atoms with Gasteiger partial charge in [0, 0.05) is 0 Å². The van der Waals surface area contributed by atoms with Gasteiger partial charge in [0.05, 0.1) is 0 Å². The molecule has 0 spiro atoms. The van der Waals surface area contributed by atoms with Crippen molar-refractivity contribution < 1.29 is 38.1 Å². The number of azo groups is 1. The third-order valence-electron chi connectivity index (χ3n) is 3.69. The summed E-state index contributed by atoms with van der Waals surface area (Å²) in [5.74, 6) is -3.50. The monoisotopic (exact) mass is 440 g/mol. The number of carbonyl (C=O) groups is 4. The van der Waals surface area contributed by atoms with Gasteiger partial charge in [-0.25, -0.2) is 19.2 Å². The third-order valence-corrected chi connectivity index (χ3v) is 3.69. The molecule has 0 aromatic heterocycles. The first-order valence-electron chi connectivity index (χ1n) is 9.89. The zero-order chi connectivity index (χ0) is 24.4. The van der Waals surface area contributed by atoms with Crippen LogP contribution in [0.15, 0.2) is 21.5 Å². The Labute approximate surface area is 182 Å². The van der Waals surface area contributed by atoms with Gasteiger partial charge in [0.15, 0.2) is 17.9 Å². The fraction of sp³-hybridized carbons (Fsp3) is 0.714. The minimum absolute atomic E-state index is 0.190. The number of esters is 4. The quantitative estimate of drug-likeness (QED) is 0.455. The molecule has 0 unspecified atom stereocenters. The first-order valence-corrected chi connectivity index (χ1v) is 9.89. The summed E-state index contributed by atoms with van der Waals surface area (Å²) >= 11 is 0. The number of hydrogen-bond acceptors (Lipinski definition) is 10. The maximum atomic E-state index is 12.8. The van der Waals surface area contributed by atoms with Crippen LogP contribution in [-0.4, -0.2) is 52.8 Å². The van der Waals surface area contributed by atoms with Crippen molar-refractivity contribution in [1.82, 2.24) is 0 Å². The van der Waals surface area contributed by atoms with Crippen molar-refractivity contribution >= 4 is 23.9 Å². The number of hydrogen-bond donors (Lipinski definition) is 0. The number of ether oxygens (including phenoxy) is 4. The van der Waals surface area contributed by atoms with Crippen molar-refractivity contribution in [1.29, 1.82) is 0 Å².